The quantitative estimate of drug-likeness (QED) is 0.726. The standard InChI is InChI=1S/C14H14BrNO2S2/c1-3-18-12-6-5-10(15)7-9(12)8-11-13(17)20-14(16-11)19-4-2/h5-8H,3-4H2,1-2H3. The predicted octanol–water partition coefficient (Wildman–Crippen LogP) is 4.57. The number of rotatable bonds is 4. The van der Waals surface area contributed by atoms with E-state index in [1.807, 2.05) is 32.0 Å². The van der Waals surface area contributed by atoms with Crippen molar-refractivity contribution in [1.29, 1.82) is 0 Å². The molecule has 6 heteroatoms. The van der Waals surface area contributed by atoms with Crippen LogP contribution in [0.1, 0.15) is 19.4 Å². The van der Waals surface area contributed by atoms with Crippen LogP contribution in [-0.4, -0.2) is 21.9 Å². The minimum atomic E-state index is -0.0108. The Morgan fingerprint density at radius 1 is 1.45 bits per heavy atom. The van der Waals surface area contributed by atoms with Crippen LogP contribution in [0.4, 0.5) is 0 Å². The average molecular weight is 372 g/mol. The first-order valence-corrected chi connectivity index (χ1v) is 8.81. The molecule has 1 aromatic carbocycles. The first-order valence-electron chi connectivity index (χ1n) is 6.21. The van der Waals surface area contributed by atoms with Gasteiger partial charge in [0.25, 0.3) is 0 Å². The minimum absolute atomic E-state index is 0.0108. The van der Waals surface area contributed by atoms with Crippen molar-refractivity contribution in [3.63, 3.8) is 0 Å². The lowest BCUT2D eigenvalue weighted by atomic mass is 10.1. The van der Waals surface area contributed by atoms with Gasteiger partial charge < -0.3 is 4.74 Å². The Labute approximate surface area is 135 Å². The molecule has 0 N–H and O–H groups in total. The largest absolute Gasteiger partial charge is 0.493 e. The number of aliphatic imine (C=N–C) groups is 1. The van der Waals surface area contributed by atoms with Crippen LogP contribution in [0.25, 0.3) is 6.08 Å². The summed E-state index contributed by atoms with van der Waals surface area (Å²) in [5, 5.41) is -0.0108. The van der Waals surface area contributed by atoms with Crippen molar-refractivity contribution in [2.75, 3.05) is 12.4 Å². The third kappa shape index (κ3) is 3.90. The number of benzene rings is 1. The number of halogens is 1. The van der Waals surface area contributed by atoms with Crippen LogP contribution in [0, 0.1) is 0 Å². The molecule has 3 nitrogen and oxygen atoms in total. The molecule has 0 spiro atoms. The van der Waals surface area contributed by atoms with Gasteiger partial charge >= 0.3 is 0 Å². The first-order chi connectivity index (χ1) is 9.63. The summed E-state index contributed by atoms with van der Waals surface area (Å²) in [6.45, 7) is 4.56. The third-order valence-corrected chi connectivity index (χ3v) is 4.82. The van der Waals surface area contributed by atoms with Gasteiger partial charge in [0.2, 0.25) is 5.12 Å². The van der Waals surface area contributed by atoms with Crippen LogP contribution in [0.5, 0.6) is 5.75 Å². The Balaban J connectivity index is 2.34. The number of thioether (sulfide) groups is 2. The van der Waals surface area contributed by atoms with E-state index in [4.69, 9.17) is 4.74 Å². The third-order valence-electron chi connectivity index (χ3n) is 2.43. The average Bonchev–Trinajstić information content (AvgIpc) is 2.74. The number of nitrogens with zero attached hydrogens (tertiary/aromatic N) is 1. The maximum Gasteiger partial charge on any atom is 0.244 e. The normalized spacial score (nSPS) is 16.6. The molecule has 0 radical (unpaired) electrons. The second kappa shape index (κ2) is 7.33. The van der Waals surface area contributed by atoms with E-state index in [1.54, 1.807) is 17.8 Å². The smallest absolute Gasteiger partial charge is 0.244 e. The molecule has 106 valence electrons. The van der Waals surface area contributed by atoms with Crippen molar-refractivity contribution in [2.45, 2.75) is 13.8 Å². The molecule has 0 amide bonds. The summed E-state index contributed by atoms with van der Waals surface area (Å²) >= 11 is 6.21. The van der Waals surface area contributed by atoms with Gasteiger partial charge in [-0.2, -0.15) is 0 Å². The zero-order valence-electron chi connectivity index (χ0n) is 11.2. The number of hydrogen-bond acceptors (Lipinski definition) is 5. The Kier molecular flexibility index (Phi) is 5.74. The summed E-state index contributed by atoms with van der Waals surface area (Å²) in [6, 6.07) is 5.73. The molecular weight excluding hydrogens is 358 g/mol. The SMILES string of the molecule is CCOc1ccc(Br)cc1C=C1N=C(SCC)SC1=O. The molecule has 0 atom stereocenters. The first kappa shape index (κ1) is 15.7. The van der Waals surface area contributed by atoms with Gasteiger partial charge in [0.1, 0.15) is 15.8 Å². The summed E-state index contributed by atoms with van der Waals surface area (Å²) in [6.07, 6.45) is 1.79. The van der Waals surface area contributed by atoms with Crippen LogP contribution in [0.3, 0.4) is 0 Å². The van der Waals surface area contributed by atoms with Gasteiger partial charge in [0.15, 0.2) is 0 Å². The summed E-state index contributed by atoms with van der Waals surface area (Å²) in [5.41, 5.74) is 1.33. The Morgan fingerprint density at radius 2 is 2.25 bits per heavy atom. The highest BCUT2D eigenvalue weighted by atomic mass is 79.9. The Bertz CT molecular complexity index is 585. The highest BCUT2D eigenvalue weighted by molar-refractivity contribution is 9.10. The van der Waals surface area contributed by atoms with Crippen molar-refractivity contribution in [3.8, 4) is 5.75 Å². The fourth-order valence-electron chi connectivity index (χ4n) is 1.64. The monoisotopic (exact) mass is 371 g/mol. The van der Waals surface area contributed by atoms with Crippen molar-refractivity contribution in [1.82, 2.24) is 0 Å². The molecule has 0 fully saturated rings. The number of ether oxygens (including phenoxy) is 1. The van der Waals surface area contributed by atoms with Gasteiger partial charge in [-0.1, -0.05) is 34.6 Å². The number of carbonyl (C=O) groups excluding carboxylic acids is 1. The molecule has 0 bridgehead atoms. The summed E-state index contributed by atoms with van der Waals surface area (Å²) in [4.78, 5) is 16.3. The zero-order chi connectivity index (χ0) is 14.5. The van der Waals surface area contributed by atoms with E-state index >= 15 is 0 Å². The lowest BCUT2D eigenvalue weighted by Gasteiger charge is -2.07. The Morgan fingerprint density at radius 3 is 2.95 bits per heavy atom. The molecule has 0 saturated carbocycles. The van der Waals surface area contributed by atoms with E-state index in [9.17, 15) is 4.79 Å². The second-order valence-electron chi connectivity index (χ2n) is 3.84. The topological polar surface area (TPSA) is 38.7 Å². The summed E-state index contributed by atoms with van der Waals surface area (Å²) < 4.78 is 7.33. The van der Waals surface area contributed by atoms with E-state index in [0.29, 0.717) is 12.3 Å². The van der Waals surface area contributed by atoms with Gasteiger partial charge in [-0.25, -0.2) is 4.99 Å². The van der Waals surface area contributed by atoms with Gasteiger partial charge in [-0.3, -0.25) is 4.79 Å². The summed E-state index contributed by atoms with van der Waals surface area (Å²) in [7, 11) is 0. The molecular formula is C14H14BrNO2S2. The van der Waals surface area contributed by atoms with Crippen molar-refractivity contribution >= 4 is 55.0 Å². The van der Waals surface area contributed by atoms with E-state index in [-0.39, 0.29) is 5.12 Å². The van der Waals surface area contributed by atoms with Crippen molar-refractivity contribution in [3.05, 3.63) is 33.9 Å². The van der Waals surface area contributed by atoms with Crippen LogP contribution in [-0.2, 0) is 4.79 Å². The molecule has 0 unspecified atom stereocenters. The summed E-state index contributed by atoms with van der Waals surface area (Å²) in [5.74, 6) is 1.67. The molecule has 0 aromatic heterocycles. The fourth-order valence-corrected chi connectivity index (χ4v) is 3.76. The molecule has 0 saturated heterocycles. The van der Waals surface area contributed by atoms with Gasteiger partial charge in [-0.15, -0.1) is 0 Å². The van der Waals surface area contributed by atoms with Gasteiger partial charge in [0, 0.05) is 10.0 Å². The lowest BCUT2D eigenvalue weighted by molar-refractivity contribution is -0.107. The van der Waals surface area contributed by atoms with Crippen LogP contribution >= 0.6 is 39.5 Å². The van der Waals surface area contributed by atoms with Crippen molar-refractivity contribution < 1.29 is 9.53 Å². The van der Waals surface area contributed by atoms with Crippen LogP contribution in [0.15, 0.2) is 33.4 Å². The lowest BCUT2D eigenvalue weighted by Crippen LogP contribution is -1.95. The zero-order valence-corrected chi connectivity index (χ0v) is 14.4. The highest BCUT2D eigenvalue weighted by Crippen LogP contribution is 2.33. The van der Waals surface area contributed by atoms with E-state index in [0.717, 1.165) is 25.9 Å². The maximum atomic E-state index is 11.9. The molecule has 1 aliphatic rings. The van der Waals surface area contributed by atoms with Crippen LogP contribution in [0.2, 0.25) is 0 Å². The molecule has 0 aliphatic carbocycles. The van der Waals surface area contributed by atoms with E-state index in [2.05, 4.69) is 20.9 Å². The van der Waals surface area contributed by atoms with Crippen molar-refractivity contribution in [2.24, 2.45) is 4.99 Å². The molecule has 2 rings (SSSR count). The maximum absolute atomic E-state index is 11.9. The molecule has 1 aromatic rings. The molecule has 20 heavy (non-hydrogen) atoms. The minimum Gasteiger partial charge on any atom is -0.493 e. The van der Waals surface area contributed by atoms with Gasteiger partial charge in [-0.05, 0) is 48.7 Å². The second-order valence-corrected chi connectivity index (χ2v) is 7.23. The molecule has 1 aliphatic heterocycles. The van der Waals surface area contributed by atoms with E-state index < -0.39 is 0 Å². The van der Waals surface area contributed by atoms with E-state index in [1.165, 1.54) is 11.8 Å². The predicted molar refractivity (Wildman–Crippen MR) is 91.5 cm³/mol. The fraction of sp³-hybridized carbons (Fsp3) is 0.286. The highest BCUT2D eigenvalue weighted by Gasteiger charge is 2.22. The van der Waals surface area contributed by atoms with Gasteiger partial charge in [0.05, 0.1) is 6.61 Å². The number of carbonyl (C=O) groups is 1. The molecule has 1 heterocycles. The Hall–Kier alpha value is -0.720. The number of hydrogen-bond donors (Lipinski definition) is 0. The van der Waals surface area contributed by atoms with Crippen LogP contribution < -0.4 is 4.74 Å².